The molecule has 31 heavy (non-hydrogen) atoms. The first-order valence-corrected chi connectivity index (χ1v) is 12.1. The lowest BCUT2D eigenvalue weighted by molar-refractivity contribution is 0.0971. The predicted octanol–water partition coefficient (Wildman–Crippen LogP) is 7.60. The number of carbonyl (C=O) groups is 1. The second kappa shape index (κ2) is 17.6. The number of unbranched alkanes of at least 4 members (excludes halogenated alkanes) is 12. The van der Waals surface area contributed by atoms with Crippen LogP contribution in [0, 0.1) is 0 Å². The Morgan fingerprint density at radius 1 is 0.871 bits per heavy atom. The second-order valence-corrected chi connectivity index (χ2v) is 8.26. The number of Topliss-reactive ketones (excluding diaryl/α,β-unsaturated/α-hetero) is 1. The molecule has 0 fully saturated rings. The Balaban J connectivity index is 2.41. The van der Waals surface area contributed by atoms with Crippen LogP contribution in [0.1, 0.15) is 112 Å². The molecule has 1 heterocycles. The Morgan fingerprint density at radius 2 is 1.39 bits per heavy atom. The highest BCUT2D eigenvalue weighted by Crippen LogP contribution is 2.21. The maximum absolute atomic E-state index is 12.6. The number of hydrogen-bond acceptors (Lipinski definition) is 4. The zero-order chi connectivity index (χ0) is 22.7. The van der Waals surface area contributed by atoms with Crippen LogP contribution in [0.4, 0.5) is 0 Å². The van der Waals surface area contributed by atoms with Crippen molar-refractivity contribution in [2.75, 3.05) is 7.11 Å². The van der Waals surface area contributed by atoms with Crippen LogP contribution >= 0.6 is 0 Å². The predicted molar refractivity (Wildman–Crippen MR) is 129 cm³/mol. The molecule has 0 unspecified atom stereocenters. The van der Waals surface area contributed by atoms with E-state index in [0.717, 1.165) is 44.9 Å². The summed E-state index contributed by atoms with van der Waals surface area (Å²) >= 11 is 0. The van der Waals surface area contributed by atoms with E-state index in [-0.39, 0.29) is 11.3 Å². The summed E-state index contributed by atoms with van der Waals surface area (Å²) in [6.45, 7) is 7.48. The summed E-state index contributed by atoms with van der Waals surface area (Å²) in [5, 5.41) is 0. The molecule has 0 bridgehead atoms. The largest absolute Gasteiger partial charge is 0.496 e. The van der Waals surface area contributed by atoms with E-state index < -0.39 is 5.63 Å². The SMILES string of the molecule is C=CCCCCCCCCC(=O)c1c(OC)cc(CCCCCCCCC=C)oc1=O. The lowest BCUT2D eigenvalue weighted by Crippen LogP contribution is -2.17. The van der Waals surface area contributed by atoms with Gasteiger partial charge < -0.3 is 9.15 Å². The number of rotatable bonds is 20. The summed E-state index contributed by atoms with van der Waals surface area (Å²) in [7, 11) is 1.50. The highest BCUT2D eigenvalue weighted by Gasteiger charge is 2.19. The van der Waals surface area contributed by atoms with E-state index in [1.54, 1.807) is 6.07 Å². The van der Waals surface area contributed by atoms with Gasteiger partial charge in [0.1, 0.15) is 17.1 Å². The smallest absolute Gasteiger partial charge is 0.350 e. The third kappa shape index (κ3) is 11.8. The number of allylic oxidation sites excluding steroid dienone is 2. The third-order valence-corrected chi connectivity index (χ3v) is 5.61. The molecule has 0 aliphatic heterocycles. The van der Waals surface area contributed by atoms with Crippen LogP contribution in [-0.2, 0) is 6.42 Å². The van der Waals surface area contributed by atoms with Gasteiger partial charge in [0.25, 0.3) is 0 Å². The van der Waals surface area contributed by atoms with Crippen LogP contribution in [-0.4, -0.2) is 12.9 Å². The maximum atomic E-state index is 12.6. The molecular weight excluding hydrogens is 388 g/mol. The minimum absolute atomic E-state index is 0.0689. The van der Waals surface area contributed by atoms with E-state index in [1.165, 1.54) is 52.1 Å². The van der Waals surface area contributed by atoms with Gasteiger partial charge in [-0.05, 0) is 38.5 Å². The Kier molecular flexibility index (Phi) is 15.3. The molecule has 0 saturated carbocycles. The van der Waals surface area contributed by atoms with Gasteiger partial charge in [-0.2, -0.15) is 0 Å². The molecule has 0 amide bonds. The first-order valence-electron chi connectivity index (χ1n) is 12.1. The molecule has 1 rings (SSSR count). The molecule has 1 aromatic rings. The highest BCUT2D eigenvalue weighted by molar-refractivity contribution is 5.98. The molecule has 4 nitrogen and oxygen atoms in total. The molecule has 0 N–H and O–H groups in total. The zero-order valence-electron chi connectivity index (χ0n) is 19.6. The van der Waals surface area contributed by atoms with E-state index in [9.17, 15) is 9.59 Å². The second-order valence-electron chi connectivity index (χ2n) is 8.26. The monoisotopic (exact) mass is 430 g/mol. The number of hydrogen-bond donors (Lipinski definition) is 0. The van der Waals surface area contributed by atoms with Gasteiger partial charge in [-0.25, -0.2) is 4.79 Å². The van der Waals surface area contributed by atoms with Crippen molar-refractivity contribution in [2.24, 2.45) is 0 Å². The van der Waals surface area contributed by atoms with Gasteiger partial charge in [0.05, 0.1) is 7.11 Å². The number of aryl methyl sites for hydroxylation is 1. The molecule has 174 valence electrons. The highest BCUT2D eigenvalue weighted by atomic mass is 16.5. The van der Waals surface area contributed by atoms with Crippen molar-refractivity contribution in [2.45, 2.75) is 103 Å². The molecule has 0 radical (unpaired) electrons. The van der Waals surface area contributed by atoms with E-state index in [1.807, 2.05) is 12.2 Å². The van der Waals surface area contributed by atoms with Crippen molar-refractivity contribution >= 4 is 5.78 Å². The Morgan fingerprint density at radius 3 is 1.94 bits per heavy atom. The average Bonchev–Trinajstić information content (AvgIpc) is 2.76. The van der Waals surface area contributed by atoms with Crippen LogP contribution in [0.5, 0.6) is 5.75 Å². The average molecular weight is 431 g/mol. The van der Waals surface area contributed by atoms with Gasteiger partial charge >= 0.3 is 5.63 Å². The molecule has 0 aliphatic carbocycles. The third-order valence-electron chi connectivity index (χ3n) is 5.61. The fourth-order valence-corrected chi connectivity index (χ4v) is 3.76. The van der Waals surface area contributed by atoms with E-state index >= 15 is 0 Å². The molecule has 0 saturated heterocycles. The lowest BCUT2D eigenvalue weighted by Gasteiger charge is -2.09. The Labute approximate surface area is 188 Å². The molecule has 4 heteroatoms. The minimum atomic E-state index is -0.562. The topological polar surface area (TPSA) is 56.5 Å². The van der Waals surface area contributed by atoms with Crippen LogP contribution < -0.4 is 10.4 Å². The van der Waals surface area contributed by atoms with Crippen molar-refractivity contribution in [1.82, 2.24) is 0 Å². The molecule has 0 aliphatic rings. The quantitative estimate of drug-likeness (QED) is 0.121. The standard InChI is InChI=1S/C27H42O4/c1-4-6-8-10-12-14-16-18-20-23-22-25(30-3)26(27(29)31-23)24(28)21-19-17-15-13-11-9-7-5-2/h4-5,22H,1-2,6-21H2,3H3. The van der Waals surface area contributed by atoms with Crippen molar-refractivity contribution in [3.63, 3.8) is 0 Å². The fourth-order valence-electron chi connectivity index (χ4n) is 3.76. The minimum Gasteiger partial charge on any atom is -0.496 e. The maximum Gasteiger partial charge on any atom is 0.350 e. The zero-order valence-corrected chi connectivity index (χ0v) is 19.6. The van der Waals surface area contributed by atoms with Gasteiger partial charge in [0.15, 0.2) is 5.78 Å². The molecule has 0 atom stereocenters. The van der Waals surface area contributed by atoms with E-state index in [4.69, 9.17) is 9.15 Å². The molecule has 0 spiro atoms. The van der Waals surface area contributed by atoms with Gasteiger partial charge in [-0.1, -0.05) is 63.5 Å². The number of ketones is 1. The van der Waals surface area contributed by atoms with Crippen LogP contribution in [0.15, 0.2) is 40.6 Å². The van der Waals surface area contributed by atoms with Gasteiger partial charge in [-0.3, -0.25) is 4.79 Å². The summed E-state index contributed by atoms with van der Waals surface area (Å²) in [4.78, 5) is 25.0. The fraction of sp³-hybridized carbons (Fsp3) is 0.630. The first-order chi connectivity index (χ1) is 15.1. The van der Waals surface area contributed by atoms with Crippen molar-refractivity contribution in [3.8, 4) is 5.75 Å². The Hall–Kier alpha value is -2.10. The summed E-state index contributed by atoms with van der Waals surface area (Å²) in [5.74, 6) is 0.776. The Bertz CT molecular complexity index is 702. The number of ether oxygens (including phenoxy) is 1. The van der Waals surface area contributed by atoms with Gasteiger partial charge in [-0.15, -0.1) is 13.2 Å². The number of carbonyl (C=O) groups excluding carboxylic acids is 1. The summed E-state index contributed by atoms with van der Waals surface area (Å²) in [6, 6.07) is 1.72. The first kappa shape index (κ1) is 26.9. The molecular formula is C27H42O4. The van der Waals surface area contributed by atoms with Crippen molar-refractivity contribution in [1.29, 1.82) is 0 Å². The summed E-state index contributed by atoms with van der Waals surface area (Å²) in [5.41, 5.74) is -0.493. The lowest BCUT2D eigenvalue weighted by atomic mass is 10.0. The van der Waals surface area contributed by atoms with Crippen LogP contribution in [0.2, 0.25) is 0 Å². The summed E-state index contributed by atoms with van der Waals surface area (Å²) in [6.07, 6.45) is 20.5. The molecule has 0 aromatic carbocycles. The van der Waals surface area contributed by atoms with Crippen molar-refractivity contribution in [3.05, 3.63) is 53.1 Å². The number of methoxy groups -OCH3 is 1. The van der Waals surface area contributed by atoms with Gasteiger partial charge in [0, 0.05) is 18.9 Å². The normalized spacial score (nSPS) is 10.7. The van der Waals surface area contributed by atoms with Crippen LogP contribution in [0.3, 0.4) is 0 Å². The van der Waals surface area contributed by atoms with E-state index in [0.29, 0.717) is 24.4 Å². The molecule has 1 aromatic heterocycles. The van der Waals surface area contributed by atoms with Crippen LogP contribution in [0.25, 0.3) is 0 Å². The van der Waals surface area contributed by atoms with Crippen molar-refractivity contribution < 1.29 is 13.9 Å². The van der Waals surface area contributed by atoms with E-state index in [2.05, 4.69) is 13.2 Å². The summed E-state index contributed by atoms with van der Waals surface area (Å²) < 4.78 is 10.8. The van der Waals surface area contributed by atoms with Gasteiger partial charge in [0.2, 0.25) is 0 Å².